The van der Waals surface area contributed by atoms with Crippen molar-refractivity contribution in [3.63, 3.8) is 0 Å². The van der Waals surface area contributed by atoms with Gasteiger partial charge in [0.25, 0.3) is 5.91 Å². The van der Waals surface area contributed by atoms with Gasteiger partial charge in [0.15, 0.2) is 0 Å². The maximum atomic E-state index is 14.2. The van der Waals surface area contributed by atoms with Crippen LogP contribution in [0.3, 0.4) is 0 Å². The van der Waals surface area contributed by atoms with Crippen molar-refractivity contribution in [3.8, 4) is 0 Å². The summed E-state index contributed by atoms with van der Waals surface area (Å²) in [6.07, 6.45) is 6.12. The molecule has 0 radical (unpaired) electrons. The molecule has 1 spiro atoms. The number of halogens is 1. The number of fused-ring (bicyclic) bond motifs is 1. The highest BCUT2D eigenvalue weighted by molar-refractivity contribution is 5.95. The van der Waals surface area contributed by atoms with E-state index < -0.39 is 5.82 Å². The Labute approximate surface area is 156 Å². The molecule has 27 heavy (non-hydrogen) atoms. The molecule has 0 unspecified atom stereocenters. The summed E-state index contributed by atoms with van der Waals surface area (Å²) < 4.78 is 14.2. The van der Waals surface area contributed by atoms with Crippen molar-refractivity contribution in [3.05, 3.63) is 54.2 Å². The Kier molecular flexibility index (Phi) is 3.63. The number of carbonyl (C=O) groups is 1. The third-order valence-electron chi connectivity index (χ3n) is 5.68. The summed E-state index contributed by atoms with van der Waals surface area (Å²) in [5.41, 5.74) is 0.740. The lowest BCUT2D eigenvalue weighted by Gasteiger charge is -2.32. The molecule has 1 amide bonds. The molecule has 0 atom stereocenters. The second-order valence-corrected chi connectivity index (χ2v) is 7.37. The van der Waals surface area contributed by atoms with E-state index in [1.807, 2.05) is 17.2 Å². The monoisotopic (exact) mass is 365 g/mol. The number of hydrogen-bond acceptors (Lipinski definition) is 4. The lowest BCUT2D eigenvalue weighted by Crippen LogP contribution is -2.47. The molecule has 5 rings (SSSR count). The van der Waals surface area contributed by atoms with Crippen LogP contribution in [0.5, 0.6) is 0 Å². The highest BCUT2D eigenvalue weighted by Crippen LogP contribution is 2.45. The van der Waals surface area contributed by atoms with Crippen LogP contribution in [0.2, 0.25) is 0 Å². The van der Waals surface area contributed by atoms with Crippen molar-refractivity contribution in [1.29, 1.82) is 0 Å². The topological polar surface area (TPSA) is 65.1 Å². The van der Waals surface area contributed by atoms with E-state index in [2.05, 4.69) is 19.9 Å². The fourth-order valence-electron chi connectivity index (χ4n) is 4.14. The molecule has 0 bridgehead atoms. The summed E-state index contributed by atoms with van der Waals surface area (Å²) in [5, 5.41) is 0.988. The number of amides is 1. The number of H-pyrrole nitrogens is 1. The van der Waals surface area contributed by atoms with E-state index in [4.69, 9.17) is 0 Å². The van der Waals surface area contributed by atoms with Crippen molar-refractivity contribution in [2.24, 2.45) is 0 Å². The summed E-state index contributed by atoms with van der Waals surface area (Å²) in [6.45, 7) is 2.15. The van der Waals surface area contributed by atoms with Gasteiger partial charge in [-0.15, -0.1) is 0 Å². The number of aromatic nitrogens is 3. The van der Waals surface area contributed by atoms with E-state index in [1.54, 1.807) is 24.5 Å². The van der Waals surface area contributed by atoms with Gasteiger partial charge in [0.05, 0.1) is 16.5 Å². The average molecular weight is 365 g/mol. The number of rotatable bonds is 2. The first-order chi connectivity index (χ1) is 13.2. The molecule has 1 aromatic carbocycles. The molecular formula is C20H20FN5O. The van der Waals surface area contributed by atoms with Crippen LogP contribution in [0.1, 0.15) is 29.6 Å². The number of anilines is 1. The van der Waals surface area contributed by atoms with Gasteiger partial charge in [0.1, 0.15) is 23.6 Å². The minimum absolute atomic E-state index is 0.160. The quantitative estimate of drug-likeness (QED) is 0.758. The molecule has 2 fully saturated rings. The van der Waals surface area contributed by atoms with Gasteiger partial charge in [0.2, 0.25) is 0 Å². The number of aromatic amines is 1. The molecule has 1 aliphatic heterocycles. The van der Waals surface area contributed by atoms with E-state index in [-0.39, 0.29) is 17.0 Å². The highest BCUT2D eigenvalue weighted by atomic mass is 19.1. The van der Waals surface area contributed by atoms with Crippen molar-refractivity contribution >= 4 is 22.8 Å². The summed E-state index contributed by atoms with van der Waals surface area (Å²) in [7, 11) is 0. The molecule has 6 nitrogen and oxygen atoms in total. The summed E-state index contributed by atoms with van der Waals surface area (Å²) >= 11 is 0. The van der Waals surface area contributed by atoms with Gasteiger partial charge in [-0.3, -0.25) is 4.79 Å². The Morgan fingerprint density at radius 2 is 2.00 bits per heavy atom. The number of carbonyl (C=O) groups excluding carboxylic acids is 1. The molecule has 2 aliphatic rings. The van der Waals surface area contributed by atoms with Crippen LogP contribution in [0.4, 0.5) is 10.2 Å². The minimum atomic E-state index is -0.454. The predicted molar refractivity (Wildman–Crippen MR) is 100 cm³/mol. The fourth-order valence-corrected chi connectivity index (χ4v) is 4.14. The third-order valence-corrected chi connectivity index (χ3v) is 5.68. The molecule has 1 saturated heterocycles. The van der Waals surface area contributed by atoms with Crippen LogP contribution in [0.15, 0.2) is 42.9 Å². The molecule has 1 N–H and O–H groups in total. The Hall–Kier alpha value is -2.96. The van der Waals surface area contributed by atoms with E-state index in [0.29, 0.717) is 13.1 Å². The van der Waals surface area contributed by atoms with Crippen molar-refractivity contribution in [1.82, 2.24) is 19.9 Å². The standard InChI is InChI=1S/C20H20FN5O/c21-16-5-2-1-4-14(16)19(27)26-11-3-10-25(12-20(26)7-8-20)18-15-6-9-22-17(15)23-13-24-18/h1-2,4-6,9,13H,3,7-8,10-12H2,(H,22,23,24). The summed E-state index contributed by atoms with van der Waals surface area (Å²) in [5.74, 6) is 0.235. The normalized spacial score (nSPS) is 18.7. The number of nitrogens with one attached hydrogen (secondary N) is 1. The first kappa shape index (κ1) is 16.2. The third kappa shape index (κ3) is 2.65. The lowest BCUT2D eigenvalue weighted by atomic mass is 10.1. The molecule has 7 heteroatoms. The number of benzene rings is 1. The van der Waals surface area contributed by atoms with Gasteiger partial charge in [-0.1, -0.05) is 12.1 Å². The van der Waals surface area contributed by atoms with Crippen LogP contribution < -0.4 is 4.90 Å². The Morgan fingerprint density at radius 1 is 1.15 bits per heavy atom. The zero-order valence-corrected chi connectivity index (χ0v) is 14.9. The zero-order valence-electron chi connectivity index (χ0n) is 14.9. The van der Waals surface area contributed by atoms with Gasteiger partial charge < -0.3 is 14.8 Å². The maximum absolute atomic E-state index is 14.2. The smallest absolute Gasteiger partial charge is 0.257 e. The summed E-state index contributed by atoms with van der Waals surface area (Å²) in [6, 6.07) is 8.23. The van der Waals surface area contributed by atoms with Crippen LogP contribution >= 0.6 is 0 Å². The van der Waals surface area contributed by atoms with Gasteiger partial charge in [-0.25, -0.2) is 14.4 Å². The SMILES string of the molecule is O=C(c1ccccc1F)N1CCCN(c2ncnc3[nH]ccc23)CC12CC2. The lowest BCUT2D eigenvalue weighted by molar-refractivity contribution is 0.0665. The first-order valence-electron chi connectivity index (χ1n) is 9.27. The highest BCUT2D eigenvalue weighted by Gasteiger charge is 2.52. The van der Waals surface area contributed by atoms with Crippen molar-refractivity contribution < 1.29 is 9.18 Å². The Morgan fingerprint density at radius 3 is 2.81 bits per heavy atom. The van der Waals surface area contributed by atoms with Crippen LogP contribution in [-0.2, 0) is 0 Å². The second kappa shape index (κ2) is 6.04. The van der Waals surface area contributed by atoms with E-state index in [9.17, 15) is 9.18 Å². The van der Waals surface area contributed by atoms with Gasteiger partial charge in [0, 0.05) is 25.8 Å². The largest absolute Gasteiger partial charge is 0.354 e. The molecular weight excluding hydrogens is 345 g/mol. The molecule has 3 heterocycles. The molecule has 138 valence electrons. The Balaban J connectivity index is 1.47. The fraction of sp³-hybridized carbons (Fsp3) is 0.350. The number of nitrogens with zero attached hydrogens (tertiary/aromatic N) is 4. The van der Waals surface area contributed by atoms with Crippen LogP contribution in [0, 0.1) is 5.82 Å². The van der Waals surface area contributed by atoms with Crippen LogP contribution in [0.25, 0.3) is 11.0 Å². The van der Waals surface area contributed by atoms with E-state index in [0.717, 1.165) is 42.7 Å². The molecule has 3 aromatic rings. The second-order valence-electron chi connectivity index (χ2n) is 7.37. The predicted octanol–water partition coefficient (Wildman–Crippen LogP) is 2.98. The Bertz CT molecular complexity index is 1010. The van der Waals surface area contributed by atoms with Gasteiger partial charge in [-0.05, 0) is 37.5 Å². The molecule has 1 aliphatic carbocycles. The summed E-state index contributed by atoms with van der Waals surface area (Å²) in [4.78, 5) is 29.1. The van der Waals surface area contributed by atoms with Gasteiger partial charge >= 0.3 is 0 Å². The maximum Gasteiger partial charge on any atom is 0.257 e. The van der Waals surface area contributed by atoms with Crippen molar-refractivity contribution in [2.75, 3.05) is 24.5 Å². The van der Waals surface area contributed by atoms with Crippen molar-refractivity contribution in [2.45, 2.75) is 24.8 Å². The molecule has 2 aromatic heterocycles. The van der Waals surface area contributed by atoms with Crippen LogP contribution in [-0.4, -0.2) is 50.9 Å². The minimum Gasteiger partial charge on any atom is -0.354 e. The number of hydrogen-bond donors (Lipinski definition) is 1. The average Bonchev–Trinajstić information content (AvgIpc) is 3.34. The zero-order chi connectivity index (χ0) is 18.4. The van der Waals surface area contributed by atoms with E-state index in [1.165, 1.54) is 6.07 Å². The van der Waals surface area contributed by atoms with Gasteiger partial charge in [-0.2, -0.15) is 0 Å². The molecule has 1 saturated carbocycles. The first-order valence-corrected chi connectivity index (χ1v) is 9.27. The van der Waals surface area contributed by atoms with E-state index >= 15 is 0 Å².